The van der Waals surface area contributed by atoms with Crippen LogP contribution in [0.1, 0.15) is 56.9 Å². The third-order valence-corrected chi connectivity index (χ3v) is 12.1. The third-order valence-electron chi connectivity index (χ3n) is 12.1. The number of hydrogen-bond acceptors (Lipinski definition) is 8. The Labute approximate surface area is 280 Å². The number of carbonyl (C=O) groups is 2. The molecule has 6 aliphatic rings. The molecule has 4 unspecified atom stereocenters. The number of alkyl halides is 2. The van der Waals surface area contributed by atoms with Crippen LogP contribution in [0.15, 0.2) is 36.7 Å². The first kappa shape index (κ1) is 32.0. The van der Waals surface area contributed by atoms with Gasteiger partial charge in [0.15, 0.2) is 5.82 Å². The number of aromatic nitrogens is 3. The Kier molecular flexibility index (Phi) is 8.37. The number of likely N-dealkylation sites (tertiary alicyclic amines) is 3. The molecule has 1 aliphatic carbocycles. The fourth-order valence-electron chi connectivity index (χ4n) is 9.21. The number of nitrogens with one attached hydrogen (secondary N) is 2. The first-order valence-corrected chi connectivity index (χ1v) is 17.8. The lowest BCUT2D eigenvalue weighted by atomic mass is 9.79. The van der Waals surface area contributed by atoms with E-state index in [1.54, 1.807) is 11.0 Å². The zero-order valence-corrected chi connectivity index (χ0v) is 27.8. The van der Waals surface area contributed by atoms with Crippen molar-refractivity contribution in [3.8, 4) is 11.4 Å². The van der Waals surface area contributed by atoms with Crippen LogP contribution in [-0.2, 0) is 16.6 Å². The molecule has 0 radical (unpaired) electrons. The van der Waals surface area contributed by atoms with Crippen LogP contribution in [0, 0.1) is 11.3 Å². The van der Waals surface area contributed by atoms with Gasteiger partial charge in [-0.05, 0) is 56.2 Å². The molecule has 8 rings (SSSR count). The van der Waals surface area contributed by atoms with E-state index in [1.807, 2.05) is 24.1 Å². The van der Waals surface area contributed by atoms with Gasteiger partial charge in [-0.15, -0.1) is 0 Å². The molecule has 2 aromatic rings. The minimum atomic E-state index is -2.56. The molecule has 13 heteroatoms. The van der Waals surface area contributed by atoms with Crippen molar-refractivity contribution in [2.45, 2.75) is 75.5 Å². The predicted molar refractivity (Wildman–Crippen MR) is 176 cm³/mol. The van der Waals surface area contributed by atoms with Crippen molar-refractivity contribution in [1.29, 1.82) is 0 Å². The Morgan fingerprint density at radius 1 is 0.979 bits per heavy atom. The van der Waals surface area contributed by atoms with Crippen LogP contribution in [0.3, 0.4) is 0 Å². The molecule has 1 spiro atoms. The molecule has 1 saturated carbocycles. The van der Waals surface area contributed by atoms with Gasteiger partial charge in [0.25, 0.3) is 5.92 Å². The van der Waals surface area contributed by atoms with Gasteiger partial charge in [0.1, 0.15) is 6.33 Å². The summed E-state index contributed by atoms with van der Waals surface area (Å²) in [7, 11) is 1.86. The molecular formula is C35H47F2N9O2. The summed E-state index contributed by atoms with van der Waals surface area (Å²) in [6, 6.07) is 8.79. The van der Waals surface area contributed by atoms with E-state index < -0.39 is 11.3 Å². The molecule has 11 nitrogen and oxygen atoms in total. The highest BCUT2D eigenvalue weighted by atomic mass is 19.3. The smallest absolute Gasteiger partial charge is 0.250 e. The molecule has 1 aromatic heterocycles. The largest absolute Gasteiger partial charge is 0.339 e. The summed E-state index contributed by atoms with van der Waals surface area (Å²) in [6.45, 7) is 4.61. The van der Waals surface area contributed by atoms with Gasteiger partial charge in [0.05, 0.1) is 18.1 Å². The van der Waals surface area contributed by atoms with Crippen molar-refractivity contribution in [3.63, 3.8) is 0 Å². The van der Waals surface area contributed by atoms with Crippen molar-refractivity contribution in [2.75, 3.05) is 52.4 Å². The lowest BCUT2D eigenvalue weighted by Gasteiger charge is -2.42. The number of fused-ring (bicyclic) bond motifs is 1. The van der Waals surface area contributed by atoms with Crippen LogP contribution in [0.25, 0.3) is 17.0 Å². The van der Waals surface area contributed by atoms with Crippen LogP contribution in [0.2, 0.25) is 0 Å². The van der Waals surface area contributed by atoms with E-state index >= 15 is 0 Å². The number of rotatable bonds is 6. The van der Waals surface area contributed by atoms with Crippen molar-refractivity contribution in [3.05, 3.63) is 42.2 Å². The van der Waals surface area contributed by atoms with Crippen LogP contribution >= 0.6 is 0 Å². The Bertz CT molecular complexity index is 1550. The number of aryl methyl sites for hydroxylation is 1. The predicted octanol–water partition coefficient (Wildman–Crippen LogP) is 2.72. The van der Waals surface area contributed by atoms with Crippen LogP contribution in [0.5, 0.6) is 0 Å². The van der Waals surface area contributed by atoms with Crippen LogP contribution in [-0.4, -0.2) is 123 Å². The number of hydrogen-bond donors (Lipinski definition) is 2. The van der Waals surface area contributed by atoms with E-state index in [4.69, 9.17) is 0 Å². The normalized spacial score (nSPS) is 32.6. The molecule has 4 saturated heterocycles. The minimum absolute atomic E-state index is 0.0320. The number of hydrazine groups is 1. The molecule has 5 fully saturated rings. The zero-order valence-electron chi connectivity index (χ0n) is 27.8. The van der Waals surface area contributed by atoms with E-state index in [2.05, 4.69) is 53.8 Å². The van der Waals surface area contributed by atoms with E-state index in [9.17, 15) is 18.4 Å². The summed E-state index contributed by atoms with van der Waals surface area (Å²) in [6.07, 6.45) is 8.98. The summed E-state index contributed by atoms with van der Waals surface area (Å²) >= 11 is 0. The van der Waals surface area contributed by atoms with Gasteiger partial charge in [0, 0.05) is 82.7 Å². The molecule has 1 aromatic carbocycles. The van der Waals surface area contributed by atoms with Crippen molar-refractivity contribution in [2.24, 2.45) is 18.4 Å². The van der Waals surface area contributed by atoms with Gasteiger partial charge in [-0.25, -0.2) is 19.2 Å². The maximum absolute atomic E-state index is 14.0. The molecule has 2 N–H and O–H groups in total. The Hall–Kier alpha value is -3.26. The Balaban J connectivity index is 0.834. The number of halogens is 2. The first-order valence-electron chi connectivity index (χ1n) is 17.8. The van der Waals surface area contributed by atoms with Gasteiger partial charge < -0.3 is 9.80 Å². The Morgan fingerprint density at radius 2 is 1.75 bits per heavy atom. The van der Waals surface area contributed by atoms with E-state index in [-0.39, 0.29) is 36.9 Å². The number of carbonyl (C=O) groups excluding carboxylic acids is 2. The van der Waals surface area contributed by atoms with E-state index in [0.29, 0.717) is 57.1 Å². The minimum Gasteiger partial charge on any atom is -0.339 e. The van der Waals surface area contributed by atoms with Crippen molar-refractivity contribution < 1.29 is 18.4 Å². The highest BCUT2D eigenvalue weighted by molar-refractivity contribution is 5.86. The number of amides is 2. The average molecular weight is 664 g/mol. The standard InChI is InChI=1S/C35H47F2N9O2/c1-42-23-38-31(41-42)26-4-2-24(3-5-26)25-8-14-44(15-9-25)30(47)21-43-16-10-34(22-43)11-19-46(33(34)48)27-6-7-29-28(20-27)32(40-39-29)45-17-12-35(36,37)13-18-45/h2-5,8,23,27-29,32,39-40H,6-7,9-22H2,1H3/t27?,28?,29?,32?,34-/m0/s1. The molecule has 5 aliphatic heterocycles. The highest BCUT2D eigenvalue weighted by Gasteiger charge is 2.54. The number of nitrogens with zero attached hydrogens (tertiary/aromatic N) is 7. The van der Waals surface area contributed by atoms with Gasteiger partial charge in [-0.1, -0.05) is 30.3 Å². The lowest BCUT2D eigenvalue weighted by molar-refractivity contribution is -0.139. The van der Waals surface area contributed by atoms with Gasteiger partial charge in [-0.2, -0.15) is 5.10 Å². The van der Waals surface area contributed by atoms with Crippen LogP contribution in [0.4, 0.5) is 8.78 Å². The second-order valence-electron chi connectivity index (χ2n) is 15.0. The number of benzene rings is 1. The second-order valence-corrected chi connectivity index (χ2v) is 15.0. The molecular weight excluding hydrogens is 616 g/mol. The maximum atomic E-state index is 14.0. The molecule has 0 bridgehead atoms. The summed E-state index contributed by atoms with van der Waals surface area (Å²) in [5.74, 6) is -1.18. The van der Waals surface area contributed by atoms with Crippen molar-refractivity contribution in [1.82, 2.24) is 45.2 Å². The topological polar surface area (TPSA) is 102 Å². The fourth-order valence-corrected chi connectivity index (χ4v) is 9.21. The lowest BCUT2D eigenvalue weighted by Crippen LogP contribution is -2.54. The highest BCUT2D eigenvalue weighted by Crippen LogP contribution is 2.44. The summed E-state index contributed by atoms with van der Waals surface area (Å²) in [5, 5.41) is 4.38. The van der Waals surface area contributed by atoms with Gasteiger partial charge in [-0.3, -0.25) is 29.5 Å². The SMILES string of the molecule is Cn1cnc(-c2ccc(C3=CCN(C(=O)CN4CC[C@]5(CCN(C6CCC7NNC(N8CCC(F)(F)CC8)C7C6)C5=O)C4)CC3)cc2)n1. The fraction of sp³-hybridized carbons (Fsp3) is 0.657. The van der Waals surface area contributed by atoms with E-state index in [0.717, 1.165) is 62.7 Å². The molecule has 6 heterocycles. The Morgan fingerprint density at radius 3 is 2.48 bits per heavy atom. The molecule has 2 amide bonds. The summed E-state index contributed by atoms with van der Waals surface area (Å²) in [4.78, 5) is 40.2. The molecule has 258 valence electrons. The zero-order chi connectivity index (χ0) is 33.0. The number of piperidine rings is 1. The quantitative estimate of drug-likeness (QED) is 0.487. The third kappa shape index (κ3) is 6.07. The molecule has 5 atom stereocenters. The second kappa shape index (κ2) is 12.6. The first-order chi connectivity index (χ1) is 23.2. The van der Waals surface area contributed by atoms with Crippen LogP contribution < -0.4 is 10.9 Å². The molecule has 48 heavy (non-hydrogen) atoms. The monoisotopic (exact) mass is 663 g/mol. The van der Waals surface area contributed by atoms with Gasteiger partial charge in [0.2, 0.25) is 11.8 Å². The summed E-state index contributed by atoms with van der Waals surface area (Å²) in [5.41, 5.74) is 9.84. The maximum Gasteiger partial charge on any atom is 0.250 e. The van der Waals surface area contributed by atoms with E-state index in [1.165, 1.54) is 5.57 Å². The van der Waals surface area contributed by atoms with Crippen molar-refractivity contribution >= 4 is 17.4 Å². The average Bonchev–Trinajstić information content (AvgIpc) is 3.89. The van der Waals surface area contributed by atoms with Gasteiger partial charge >= 0.3 is 0 Å². The summed E-state index contributed by atoms with van der Waals surface area (Å²) < 4.78 is 29.4.